The van der Waals surface area contributed by atoms with E-state index in [0.717, 1.165) is 44.9 Å². The molecular formula is C15H28N2O3. The van der Waals surface area contributed by atoms with Gasteiger partial charge in [0.2, 0.25) is 0 Å². The van der Waals surface area contributed by atoms with Crippen LogP contribution in [0.2, 0.25) is 0 Å². The van der Waals surface area contributed by atoms with Gasteiger partial charge < -0.3 is 15.3 Å². The van der Waals surface area contributed by atoms with Crippen LogP contribution in [0.4, 0.5) is 4.79 Å². The monoisotopic (exact) mass is 284 g/mol. The summed E-state index contributed by atoms with van der Waals surface area (Å²) in [5.41, 5.74) is 0. The first-order chi connectivity index (χ1) is 9.56. The van der Waals surface area contributed by atoms with Crippen LogP contribution in [0.5, 0.6) is 0 Å². The van der Waals surface area contributed by atoms with Crippen LogP contribution >= 0.6 is 0 Å². The van der Waals surface area contributed by atoms with Crippen LogP contribution in [-0.2, 0) is 4.79 Å². The molecule has 0 bridgehead atoms. The Labute approximate surface area is 121 Å². The molecule has 5 nitrogen and oxygen atoms in total. The highest BCUT2D eigenvalue weighted by atomic mass is 16.4. The average molecular weight is 284 g/mol. The van der Waals surface area contributed by atoms with Crippen molar-refractivity contribution in [3.63, 3.8) is 0 Å². The number of hydrogen-bond donors (Lipinski definition) is 2. The number of nitrogens with one attached hydrogen (secondary N) is 1. The lowest BCUT2D eigenvalue weighted by Crippen LogP contribution is -2.47. The van der Waals surface area contributed by atoms with Gasteiger partial charge in [-0.1, -0.05) is 33.1 Å². The van der Waals surface area contributed by atoms with E-state index in [4.69, 9.17) is 5.11 Å². The number of hydrogen-bond acceptors (Lipinski definition) is 2. The van der Waals surface area contributed by atoms with Gasteiger partial charge in [-0.3, -0.25) is 4.79 Å². The first kappa shape index (κ1) is 16.8. The summed E-state index contributed by atoms with van der Waals surface area (Å²) in [5, 5.41) is 11.9. The SMILES string of the molecule is CCCCC(CCC)NC(=O)N(CC(=O)O)CC1CC1. The lowest BCUT2D eigenvalue weighted by molar-refractivity contribution is -0.137. The molecule has 2 amide bonds. The van der Waals surface area contributed by atoms with E-state index >= 15 is 0 Å². The number of rotatable bonds is 10. The Morgan fingerprint density at radius 1 is 1.25 bits per heavy atom. The number of amides is 2. The number of aliphatic carboxylic acids is 1. The van der Waals surface area contributed by atoms with Crippen molar-refractivity contribution in [3.05, 3.63) is 0 Å². The molecule has 0 spiro atoms. The second-order valence-corrected chi connectivity index (χ2v) is 5.79. The highest BCUT2D eigenvalue weighted by Crippen LogP contribution is 2.29. The van der Waals surface area contributed by atoms with Crippen molar-refractivity contribution in [1.82, 2.24) is 10.2 Å². The van der Waals surface area contributed by atoms with Crippen LogP contribution in [0, 0.1) is 5.92 Å². The summed E-state index contributed by atoms with van der Waals surface area (Å²) in [4.78, 5) is 24.6. The molecule has 1 aliphatic rings. The lowest BCUT2D eigenvalue weighted by atomic mass is 10.1. The quantitative estimate of drug-likeness (QED) is 0.648. The zero-order valence-corrected chi connectivity index (χ0v) is 12.7. The maximum atomic E-state index is 12.2. The fourth-order valence-corrected chi connectivity index (χ4v) is 2.35. The van der Waals surface area contributed by atoms with Gasteiger partial charge in [-0.05, 0) is 31.6 Å². The first-order valence-corrected chi connectivity index (χ1v) is 7.84. The molecular weight excluding hydrogens is 256 g/mol. The molecule has 1 aliphatic carbocycles. The molecule has 0 aromatic carbocycles. The van der Waals surface area contributed by atoms with Crippen LogP contribution in [0.25, 0.3) is 0 Å². The summed E-state index contributed by atoms with van der Waals surface area (Å²) in [5.74, 6) is -0.443. The van der Waals surface area contributed by atoms with Crippen molar-refractivity contribution >= 4 is 12.0 Å². The standard InChI is InChI=1S/C15H28N2O3/c1-3-5-7-13(6-4-2)16-15(20)17(11-14(18)19)10-12-8-9-12/h12-13H,3-11H2,1-2H3,(H,16,20)(H,18,19). The molecule has 1 rings (SSSR count). The molecule has 1 saturated carbocycles. The van der Waals surface area contributed by atoms with E-state index in [2.05, 4.69) is 19.2 Å². The normalized spacial score (nSPS) is 15.7. The van der Waals surface area contributed by atoms with Crippen molar-refractivity contribution in [2.75, 3.05) is 13.1 Å². The summed E-state index contributed by atoms with van der Waals surface area (Å²) in [6.07, 6.45) is 7.37. The number of urea groups is 1. The molecule has 2 N–H and O–H groups in total. The van der Waals surface area contributed by atoms with Crippen molar-refractivity contribution in [3.8, 4) is 0 Å². The second kappa shape index (κ2) is 8.82. The molecule has 0 heterocycles. The average Bonchev–Trinajstić information content (AvgIpc) is 3.18. The maximum Gasteiger partial charge on any atom is 0.323 e. The smallest absolute Gasteiger partial charge is 0.323 e. The van der Waals surface area contributed by atoms with Gasteiger partial charge in [0.05, 0.1) is 0 Å². The van der Waals surface area contributed by atoms with Gasteiger partial charge in [0.25, 0.3) is 0 Å². The lowest BCUT2D eigenvalue weighted by Gasteiger charge is -2.25. The van der Waals surface area contributed by atoms with Gasteiger partial charge in [-0.2, -0.15) is 0 Å². The minimum Gasteiger partial charge on any atom is -0.480 e. The van der Waals surface area contributed by atoms with Gasteiger partial charge in [0, 0.05) is 12.6 Å². The zero-order chi connectivity index (χ0) is 15.0. The molecule has 1 fully saturated rings. The Balaban J connectivity index is 2.49. The van der Waals surface area contributed by atoms with E-state index in [9.17, 15) is 9.59 Å². The summed E-state index contributed by atoms with van der Waals surface area (Å²) < 4.78 is 0. The van der Waals surface area contributed by atoms with Gasteiger partial charge in [-0.15, -0.1) is 0 Å². The molecule has 20 heavy (non-hydrogen) atoms. The van der Waals surface area contributed by atoms with Crippen LogP contribution in [0.15, 0.2) is 0 Å². The third-order valence-corrected chi connectivity index (χ3v) is 3.66. The van der Waals surface area contributed by atoms with E-state index in [1.54, 1.807) is 0 Å². The highest BCUT2D eigenvalue weighted by Gasteiger charge is 2.28. The maximum absolute atomic E-state index is 12.2. The van der Waals surface area contributed by atoms with Crippen LogP contribution < -0.4 is 5.32 Å². The first-order valence-electron chi connectivity index (χ1n) is 7.84. The van der Waals surface area contributed by atoms with E-state index in [1.807, 2.05) is 0 Å². The number of carbonyl (C=O) groups excluding carboxylic acids is 1. The number of unbranched alkanes of at least 4 members (excludes halogenated alkanes) is 1. The molecule has 1 unspecified atom stereocenters. The number of carbonyl (C=O) groups is 2. The van der Waals surface area contributed by atoms with Gasteiger partial charge in [-0.25, -0.2) is 4.79 Å². The van der Waals surface area contributed by atoms with Gasteiger partial charge in [0.1, 0.15) is 6.54 Å². The van der Waals surface area contributed by atoms with Crippen molar-refractivity contribution in [2.24, 2.45) is 5.92 Å². The van der Waals surface area contributed by atoms with Crippen LogP contribution in [0.1, 0.15) is 58.8 Å². The Bertz CT molecular complexity index is 316. The number of carboxylic acids is 1. The summed E-state index contributed by atoms with van der Waals surface area (Å²) in [6.45, 7) is 4.61. The second-order valence-electron chi connectivity index (χ2n) is 5.79. The minimum atomic E-state index is -0.943. The molecule has 1 atom stereocenters. The van der Waals surface area contributed by atoms with Crippen LogP contribution in [0.3, 0.4) is 0 Å². The van der Waals surface area contributed by atoms with Crippen LogP contribution in [-0.4, -0.2) is 41.1 Å². The number of nitrogens with zero attached hydrogens (tertiary/aromatic N) is 1. The molecule has 0 aromatic heterocycles. The Morgan fingerprint density at radius 3 is 2.45 bits per heavy atom. The Morgan fingerprint density at radius 2 is 1.95 bits per heavy atom. The van der Waals surface area contributed by atoms with E-state index in [-0.39, 0.29) is 18.6 Å². The molecule has 0 aromatic rings. The Kier molecular flexibility index (Phi) is 7.41. The molecule has 0 radical (unpaired) electrons. The summed E-state index contributed by atoms with van der Waals surface area (Å²) in [7, 11) is 0. The Hall–Kier alpha value is -1.26. The van der Waals surface area contributed by atoms with Crippen molar-refractivity contribution in [1.29, 1.82) is 0 Å². The predicted octanol–water partition coefficient (Wildman–Crippen LogP) is 2.85. The fraction of sp³-hybridized carbons (Fsp3) is 0.867. The summed E-state index contributed by atoms with van der Waals surface area (Å²) in [6, 6.07) is -0.0446. The molecule has 5 heteroatoms. The molecule has 116 valence electrons. The molecule has 0 saturated heterocycles. The summed E-state index contributed by atoms with van der Waals surface area (Å²) >= 11 is 0. The predicted molar refractivity (Wildman–Crippen MR) is 78.7 cm³/mol. The van der Waals surface area contributed by atoms with Gasteiger partial charge >= 0.3 is 12.0 Å². The zero-order valence-electron chi connectivity index (χ0n) is 12.7. The van der Waals surface area contributed by atoms with Crippen molar-refractivity contribution in [2.45, 2.75) is 64.8 Å². The third-order valence-electron chi connectivity index (χ3n) is 3.66. The minimum absolute atomic E-state index is 0.169. The largest absolute Gasteiger partial charge is 0.480 e. The van der Waals surface area contributed by atoms with Crippen molar-refractivity contribution < 1.29 is 14.7 Å². The topological polar surface area (TPSA) is 69.6 Å². The molecule has 0 aliphatic heterocycles. The van der Waals surface area contributed by atoms with Gasteiger partial charge in [0.15, 0.2) is 0 Å². The highest BCUT2D eigenvalue weighted by molar-refractivity contribution is 5.80. The van der Waals surface area contributed by atoms with E-state index in [0.29, 0.717) is 12.5 Å². The fourth-order valence-electron chi connectivity index (χ4n) is 2.35. The number of carboxylic acid groups (broad SMARTS) is 1. The third kappa shape index (κ3) is 6.78. The van der Waals surface area contributed by atoms with E-state index < -0.39 is 5.97 Å². The van der Waals surface area contributed by atoms with E-state index in [1.165, 1.54) is 4.90 Å².